The number of thioether (sulfide) groups is 1. The van der Waals surface area contributed by atoms with Crippen LogP contribution >= 0.6 is 11.8 Å². The van der Waals surface area contributed by atoms with Gasteiger partial charge in [0.25, 0.3) is 0 Å². The van der Waals surface area contributed by atoms with Crippen molar-refractivity contribution in [3.8, 4) is 0 Å². The highest BCUT2D eigenvalue weighted by atomic mass is 32.2. The van der Waals surface area contributed by atoms with Crippen molar-refractivity contribution in [2.24, 2.45) is 11.3 Å². The fourth-order valence-corrected chi connectivity index (χ4v) is 6.32. The summed E-state index contributed by atoms with van der Waals surface area (Å²) in [6.07, 6.45) is 1.97. The molecule has 1 unspecified atom stereocenters. The lowest BCUT2D eigenvalue weighted by molar-refractivity contribution is 0.0887. The zero-order valence-electron chi connectivity index (χ0n) is 11.5. The number of nitrogens with one attached hydrogen (secondary N) is 1. The maximum atomic E-state index is 11.7. The minimum Gasteiger partial charge on any atom is -0.316 e. The molecular formula is C15H21NO2S2. The smallest absolute Gasteiger partial charge is 0.150 e. The summed E-state index contributed by atoms with van der Waals surface area (Å²) < 4.78 is 23.4. The largest absolute Gasteiger partial charge is 0.316 e. The predicted octanol–water partition coefficient (Wildman–Crippen LogP) is 2.19. The fourth-order valence-electron chi connectivity index (χ4n) is 3.28. The molecule has 2 aliphatic rings. The van der Waals surface area contributed by atoms with Crippen LogP contribution in [-0.2, 0) is 9.84 Å². The van der Waals surface area contributed by atoms with Crippen molar-refractivity contribution in [2.45, 2.75) is 17.7 Å². The van der Waals surface area contributed by atoms with Gasteiger partial charge in [-0.2, -0.15) is 0 Å². The van der Waals surface area contributed by atoms with Gasteiger partial charge in [-0.1, -0.05) is 18.2 Å². The van der Waals surface area contributed by atoms with Gasteiger partial charge in [-0.15, -0.1) is 11.8 Å². The highest BCUT2D eigenvalue weighted by Gasteiger charge is 2.47. The molecule has 1 aromatic carbocycles. The summed E-state index contributed by atoms with van der Waals surface area (Å²) in [6, 6.07) is 10.4. The second-order valence-electron chi connectivity index (χ2n) is 5.98. The molecule has 2 aliphatic heterocycles. The van der Waals surface area contributed by atoms with Gasteiger partial charge < -0.3 is 5.32 Å². The van der Waals surface area contributed by atoms with Gasteiger partial charge in [0.05, 0.1) is 11.5 Å². The van der Waals surface area contributed by atoms with Crippen molar-refractivity contribution in [1.82, 2.24) is 5.32 Å². The van der Waals surface area contributed by atoms with E-state index in [4.69, 9.17) is 0 Å². The lowest BCUT2D eigenvalue weighted by atomic mass is 9.68. The van der Waals surface area contributed by atoms with Crippen molar-refractivity contribution < 1.29 is 8.42 Å². The second kappa shape index (κ2) is 5.70. The van der Waals surface area contributed by atoms with Crippen LogP contribution in [0, 0.1) is 11.3 Å². The third kappa shape index (κ3) is 3.05. The Morgan fingerprint density at radius 1 is 1.25 bits per heavy atom. The molecule has 5 heteroatoms. The van der Waals surface area contributed by atoms with Crippen LogP contribution in [0.2, 0.25) is 0 Å². The number of benzene rings is 1. The van der Waals surface area contributed by atoms with Crippen molar-refractivity contribution in [3.63, 3.8) is 0 Å². The molecule has 2 heterocycles. The Morgan fingerprint density at radius 2 is 2.00 bits per heavy atom. The van der Waals surface area contributed by atoms with Crippen LogP contribution in [-0.4, -0.2) is 38.8 Å². The number of rotatable bonds is 5. The van der Waals surface area contributed by atoms with Crippen LogP contribution in [0.3, 0.4) is 0 Å². The van der Waals surface area contributed by atoms with Gasteiger partial charge in [-0.3, -0.25) is 0 Å². The van der Waals surface area contributed by atoms with E-state index < -0.39 is 9.84 Å². The molecule has 1 aromatic rings. The molecule has 0 spiro atoms. The molecule has 0 bridgehead atoms. The molecule has 110 valence electrons. The predicted molar refractivity (Wildman–Crippen MR) is 83.8 cm³/mol. The summed E-state index contributed by atoms with van der Waals surface area (Å²) >= 11 is 1.88. The maximum Gasteiger partial charge on any atom is 0.150 e. The third-order valence-electron chi connectivity index (χ3n) is 4.66. The number of hydrogen-bond donors (Lipinski definition) is 1. The maximum absolute atomic E-state index is 11.7. The fraction of sp³-hybridized carbons (Fsp3) is 0.600. The molecule has 0 saturated carbocycles. The Balaban J connectivity index is 1.57. The summed E-state index contributed by atoms with van der Waals surface area (Å²) in [4.78, 5) is 1.30. The molecule has 20 heavy (non-hydrogen) atoms. The molecule has 3 nitrogen and oxygen atoms in total. The molecule has 1 atom stereocenters. The van der Waals surface area contributed by atoms with E-state index in [0.717, 1.165) is 31.7 Å². The summed E-state index contributed by atoms with van der Waals surface area (Å²) in [5.41, 5.74) is 0.228. The molecule has 0 aromatic heterocycles. The van der Waals surface area contributed by atoms with Crippen molar-refractivity contribution in [2.75, 3.05) is 30.3 Å². The Hall–Kier alpha value is -0.520. The minimum absolute atomic E-state index is 0.228. The highest BCUT2D eigenvalue weighted by Crippen LogP contribution is 2.43. The summed E-state index contributed by atoms with van der Waals surface area (Å²) in [5.74, 6) is 2.24. The molecule has 0 amide bonds. The van der Waals surface area contributed by atoms with E-state index in [1.807, 2.05) is 17.8 Å². The van der Waals surface area contributed by atoms with Gasteiger partial charge in [0.2, 0.25) is 0 Å². The normalized spacial score (nSPS) is 27.1. The first-order valence-corrected chi connectivity index (χ1v) is 9.99. The highest BCUT2D eigenvalue weighted by molar-refractivity contribution is 7.99. The van der Waals surface area contributed by atoms with Gasteiger partial charge >= 0.3 is 0 Å². The van der Waals surface area contributed by atoms with Crippen LogP contribution in [0.4, 0.5) is 0 Å². The minimum atomic E-state index is -2.77. The third-order valence-corrected chi connectivity index (χ3v) is 7.45. The van der Waals surface area contributed by atoms with E-state index in [1.165, 1.54) is 4.90 Å². The van der Waals surface area contributed by atoms with Gasteiger partial charge in [0.1, 0.15) is 0 Å². The van der Waals surface area contributed by atoms with E-state index >= 15 is 0 Å². The molecule has 3 rings (SSSR count). The van der Waals surface area contributed by atoms with Crippen molar-refractivity contribution in [3.05, 3.63) is 30.3 Å². The van der Waals surface area contributed by atoms with E-state index in [2.05, 4.69) is 29.6 Å². The molecule has 0 aliphatic carbocycles. The van der Waals surface area contributed by atoms with E-state index in [-0.39, 0.29) is 5.41 Å². The lowest BCUT2D eigenvalue weighted by Crippen LogP contribution is -2.58. The molecule has 2 saturated heterocycles. The van der Waals surface area contributed by atoms with Crippen molar-refractivity contribution in [1.29, 1.82) is 0 Å². The van der Waals surface area contributed by atoms with Gasteiger partial charge in [0.15, 0.2) is 9.84 Å². The van der Waals surface area contributed by atoms with Gasteiger partial charge in [0, 0.05) is 18.0 Å². The first kappa shape index (κ1) is 14.4. The zero-order valence-corrected chi connectivity index (χ0v) is 13.2. The first-order chi connectivity index (χ1) is 9.60. The van der Waals surface area contributed by atoms with E-state index in [1.54, 1.807) is 0 Å². The Morgan fingerprint density at radius 3 is 2.55 bits per heavy atom. The topological polar surface area (TPSA) is 46.2 Å². The van der Waals surface area contributed by atoms with Crippen LogP contribution < -0.4 is 5.32 Å². The molecule has 1 N–H and O–H groups in total. The second-order valence-corrected chi connectivity index (χ2v) is 9.37. The van der Waals surface area contributed by atoms with Crippen molar-refractivity contribution >= 4 is 21.6 Å². The van der Waals surface area contributed by atoms with Crippen LogP contribution in [0.25, 0.3) is 0 Å². The molecule has 0 radical (unpaired) electrons. The monoisotopic (exact) mass is 311 g/mol. The zero-order chi connectivity index (χ0) is 14.1. The number of hydrogen-bond acceptors (Lipinski definition) is 4. The standard InChI is InChI=1S/C15H21NO2S2/c17-20(18)9-6-13(10-20)15(11-16-12-15)7-8-19-14-4-2-1-3-5-14/h1-5,13,16H,6-12H2. The average molecular weight is 311 g/mol. The van der Waals surface area contributed by atoms with Crippen LogP contribution in [0.5, 0.6) is 0 Å². The lowest BCUT2D eigenvalue weighted by Gasteiger charge is -2.47. The quantitative estimate of drug-likeness (QED) is 0.847. The van der Waals surface area contributed by atoms with Gasteiger partial charge in [-0.25, -0.2) is 8.42 Å². The summed E-state index contributed by atoms with van der Waals surface area (Å²) in [5, 5.41) is 3.35. The molecular weight excluding hydrogens is 290 g/mol. The van der Waals surface area contributed by atoms with E-state index in [0.29, 0.717) is 17.4 Å². The van der Waals surface area contributed by atoms with E-state index in [9.17, 15) is 8.42 Å². The Bertz CT molecular complexity index is 552. The van der Waals surface area contributed by atoms with Crippen LogP contribution in [0.15, 0.2) is 35.2 Å². The van der Waals surface area contributed by atoms with Crippen LogP contribution in [0.1, 0.15) is 12.8 Å². The van der Waals surface area contributed by atoms with Gasteiger partial charge in [-0.05, 0) is 42.1 Å². The SMILES string of the molecule is O=S1(=O)CCC(C2(CCSc3ccccc3)CNC2)C1. The average Bonchev–Trinajstić information content (AvgIpc) is 2.74. The summed E-state index contributed by atoms with van der Waals surface area (Å²) in [6.45, 7) is 1.98. The molecule has 2 fully saturated rings. The Labute approximate surface area is 125 Å². The number of sulfone groups is 1. The summed E-state index contributed by atoms with van der Waals surface area (Å²) in [7, 11) is -2.77. The Kier molecular flexibility index (Phi) is 4.11. The first-order valence-electron chi connectivity index (χ1n) is 7.19.